The van der Waals surface area contributed by atoms with E-state index >= 15 is 0 Å². The van der Waals surface area contributed by atoms with Crippen LogP contribution in [0.1, 0.15) is 29.2 Å². The van der Waals surface area contributed by atoms with E-state index in [1.54, 1.807) is 18.3 Å². The molecule has 2 aliphatic heterocycles. The SMILES string of the molecule is Cc1nn(-c2nncc(-c3ccc(Cl)cc3)n2)c2c1[C@H](c1ccc3c(c1)OCO3)CC(=O)N2. The van der Waals surface area contributed by atoms with E-state index in [2.05, 4.69) is 25.6 Å². The maximum Gasteiger partial charge on any atom is 0.272 e. The maximum absolute atomic E-state index is 12.7. The summed E-state index contributed by atoms with van der Waals surface area (Å²) in [5.74, 6) is 1.87. The van der Waals surface area contributed by atoms with Gasteiger partial charge in [-0.15, -0.1) is 5.10 Å². The molecule has 1 atom stereocenters. The van der Waals surface area contributed by atoms with Crippen LogP contribution in [0.4, 0.5) is 5.82 Å². The fourth-order valence-electron chi connectivity index (χ4n) is 4.25. The average Bonchev–Trinajstić information content (AvgIpc) is 3.43. The molecule has 0 aliphatic carbocycles. The Kier molecular flexibility index (Phi) is 4.51. The van der Waals surface area contributed by atoms with Crippen LogP contribution < -0.4 is 14.8 Å². The first-order valence-corrected chi connectivity index (χ1v) is 10.7. The van der Waals surface area contributed by atoms with Crippen LogP contribution in [-0.4, -0.2) is 37.7 Å². The van der Waals surface area contributed by atoms with Gasteiger partial charge in [-0.3, -0.25) is 4.79 Å². The summed E-state index contributed by atoms with van der Waals surface area (Å²) in [7, 11) is 0. The number of benzene rings is 2. The Morgan fingerprint density at radius 3 is 2.79 bits per heavy atom. The number of carbonyl (C=O) groups excluding carboxylic acids is 1. The number of rotatable bonds is 3. The van der Waals surface area contributed by atoms with Gasteiger partial charge >= 0.3 is 0 Å². The highest BCUT2D eigenvalue weighted by atomic mass is 35.5. The molecule has 2 aromatic carbocycles. The smallest absolute Gasteiger partial charge is 0.272 e. The molecular formula is C23H17ClN6O3. The lowest BCUT2D eigenvalue weighted by atomic mass is 9.85. The van der Waals surface area contributed by atoms with Crippen molar-refractivity contribution in [2.24, 2.45) is 0 Å². The van der Waals surface area contributed by atoms with Crippen molar-refractivity contribution >= 4 is 23.3 Å². The number of anilines is 1. The van der Waals surface area contributed by atoms with Crippen molar-refractivity contribution in [3.05, 3.63) is 70.5 Å². The second-order valence-electron chi connectivity index (χ2n) is 7.83. The fourth-order valence-corrected chi connectivity index (χ4v) is 4.38. The Morgan fingerprint density at radius 1 is 1.12 bits per heavy atom. The highest BCUT2D eigenvalue weighted by molar-refractivity contribution is 6.30. The Labute approximate surface area is 193 Å². The molecule has 2 aliphatic rings. The van der Waals surface area contributed by atoms with Crippen LogP contribution in [-0.2, 0) is 4.79 Å². The standard InChI is InChI=1S/C23H17ClN6O3/c1-12-21-16(14-4-7-18-19(8-14)33-11-32-18)9-20(31)27-22(21)30(29-12)23-26-17(10-25-28-23)13-2-5-15(24)6-3-13/h2-8,10,16H,9,11H2,1H3,(H,27,31)/t16-/m0/s1. The fraction of sp³-hybridized carbons (Fsp3) is 0.174. The quantitative estimate of drug-likeness (QED) is 0.494. The highest BCUT2D eigenvalue weighted by Crippen LogP contribution is 2.43. The molecule has 2 aromatic heterocycles. The lowest BCUT2D eigenvalue weighted by Gasteiger charge is -2.24. The number of halogens is 1. The number of nitrogens with one attached hydrogen (secondary N) is 1. The Balaban J connectivity index is 1.44. The minimum Gasteiger partial charge on any atom is -0.454 e. The monoisotopic (exact) mass is 460 g/mol. The molecule has 33 heavy (non-hydrogen) atoms. The molecule has 0 unspecified atom stereocenters. The molecule has 9 nitrogen and oxygen atoms in total. The van der Waals surface area contributed by atoms with Crippen molar-refractivity contribution in [3.8, 4) is 28.7 Å². The minimum absolute atomic E-state index is 0.117. The molecular weight excluding hydrogens is 444 g/mol. The lowest BCUT2D eigenvalue weighted by Crippen LogP contribution is -2.25. The van der Waals surface area contributed by atoms with E-state index in [1.807, 2.05) is 37.3 Å². The van der Waals surface area contributed by atoms with Gasteiger partial charge < -0.3 is 14.8 Å². The van der Waals surface area contributed by atoms with E-state index in [0.717, 1.165) is 22.4 Å². The summed E-state index contributed by atoms with van der Waals surface area (Å²) in [6.07, 6.45) is 1.87. The first kappa shape index (κ1) is 19.7. The molecule has 4 aromatic rings. The van der Waals surface area contributed by atoms with E-state index in [-0.39, 0.29) is 24.6 Å². The molecule has 10 heteroatoms. The van der Waals surface area contributed by atoms with Gasteiger partial charge in [0, 0.05) is 28.5 Å². The second kappa shape index (κ2) is 7.56. The maximum atomic E-state index is 12.7. The Bertz CT molecular complexity index is 1400. The number of ether oxygens (including phenoxy) is 2. The van der Waals surface area contributed by atoms with Gasteiger partial charge in [-0.25, -0.2) is 4.98 Å². The summed E-state index contributed by atoms with van der Waals surface area (Å²) in [6.45, 7) is 2.10. The molecule has 0 spiro atoms. The van der Waals surface area contributed by atoms with Crippen molar-refractivity contribution in [2.45, 2.75) is 19.3 Å². The van der Waals surface area contributed by atoms with Gasteiger partial charge in [-0.1, -0.05) is 29.8 Å². The first-order chi connectivity index (χ1) is 16.1. The van der Waals surface area contributed by atoms with Gasteiger partial charge in [0.15, 0.2) is 11.5 Å². The van der Waals surface area contributed by atoms with Crippen LogP contribution in [0.2, 0.25) is 5.02 Å². The highest BCUT2D eigenvalue weighted by Gasteiger charge is 2.34. The van der Waals surface area contributed by atoms with Crippen LogP contribution in [0.3, 0.4) is 0 Å². The molecule has 0 radical (unpaired) electrons. The summed E-state index contributed by atoms with van der Waals surface area (Å²) < 4.78 is 12.5. The number of amides is 1. The Morgan fingerprint density at radius 2 is 1.94 bits per heavy atom. The number of nitrogens with zero attached hydrogens (tertiary/aromatic N) is 5. The molecule has 0 saturated carbocycles. The van der Waals surface area contributed by atoms with Crippen LogP contribution in [0, 0.1) is 6.92 Å². The van der Waals surface area contributed by atoms with E-state index in [0.29, 0.717) is 34.5 Å². The second-order valence-corrected chi connectivity index (χ2v) is 8.26. The van der Waals surface area contributed by atoms with Crippen molar-refractivity contribution in [2.75, 3.05) is 12.1 Å². The van der Waals surface area contributed by atoms with Gasteiger partial charge in [0.1, 0.15) is 5.82 Å². The number of hydrogen-bond acceptors (Lipinski definition) is 7. The first-order valence-electron chi connectivity index (χ1n) is 10.3. The van der Waals surface area contributed by atoms with E-state index in [4.69, 9.17) is 21.1 Å². The number of fused-ring (bicyclic) bond motifs is 2. The van der Waals surface area contributed by atoms with Crippen molar-refractivity contribution in [1.29, 1.82) is 0 Å². The summed E-state index contributed by atoms with van der Waals surface area (Å²) in [5, 5.41) is 16.5. The van der Waals surface area contributed by atoms with Crippen LogP contribution in [0.25, 0.3) is 17.2 Å². The third kappa shape index (κ3) is 3.37. The number of hydrogen-bond donors (Lipinski definition) is 1. The summed E-state index contributed by atoms with van der Waals surface area (Å²) in [5.41, 5.74) is 4.10. The van der Waals surface area contributed by atoms with Crippen molar-refractivity contribution in [1.82, 2.24) is 25.0 Å². The molecule has 0 fully saturated rings. The van der Waals surface area contributed by atoms with Crippen LogP contribution in [0.5, 0.6) is 11.5 Å². The predicted octanol–water partition coefficient (Wildman–Crippen LogP) is 3.89. The van der Waals surface area contributed by atoms with Gasteiger partial charge in [-0.05, 0) is 36.8 Å². The summed E-state index contributed by atoms with van der Waals surface area (Å²) in [4.78, 5) is 17.3. The minimum atomic E-state index is -0.190. The zero-order chi connectivity index (χ0) is 22.5. The number of aryl methyl sites for hydroxylation is 1. The van der Waals surface area contributed by atoms with Gasteiger partial charge in [0.25, 0.3) is 5.95 Å². The van der Waals surface area contributed by atoms with Crippen molar-refractivity contribution in [3.63, 3.8) is 0 Å². The third-order valence-electron chi connectivity index (χ3n) is 5.78. The molecule has 6 rings (SSSR count). The molecule has 0 saturated heterocycles. The topological polar surface area (TPSA) is 104 Å². The van der Waals surface area contributed by atoms with Gasteiger partial charge in [0.2, 0.25) is 12.7 Å². The summed E-state index contributed by atoms with van der Waals surface area (Å²) in [6, 6.07) is 13.0. The number of carbonyl (C=O) groups is 1. The molecule has 0 bridgehead atoms. The largest absolute Gasteiger partial charge is 0.454 e. The van der Waals surface area contributed by atoms with Gasteiger partial charge in [0.05, 0.1) is 17.6 Å². The third-order valence-corrected chi connectivity index (χ3v) is 6.03. The van der Waals surface area contributed by atoms with E-state index < -0.39 is 0 Å². The molecule has 4 heterocycles. The van der Waals surface area contributed by atoms with Gasteiger partial charge in [-0.2, -0.15) is 14.9 Å². The zero-order valence-electron chi connectivity index (χ0n) is 17.4. The normalized spacial score (nSPS) is 16.4. The number of aromatic nitrogens is 5. The van der Waals surface area contributed by atoms with Crippen molar-refractivity contribution < 1.29 is 14.3 Å². The average molecular weight is 461 g/mol. The van der Waals surface area contributed by atoms with E-state index in [9.17, 15) is 4.79 Å². The van der Waals surface area contributed by atoms with Crippen LogP contribution in [0.15, 0.2) is 48.7 Å². The van der Waals surface area contributed by atoms with E-state index in [1.165, 1.54) is 4.68 Å². The lowest BCUT2D eigenvalue weighted by molar-refractivity contribution is -0.116. The molecule has 1 N–H and O–H groups in total. The molecule has 164 valence electrons. The van der Waals surface area contributed by atoms with Crippen LogP contribution >= 0.6 is 11.6 Å². The summed E-state index contributed by atoms with van der Waals surface area (Å²) >= 11 is 6.00. The predicted molar refractivity (Wildman–Crippen MR) is 120 cm³/mol. The molecule has 1 amide bonds. The Hall–Kier alpha value is -3.98. The zero-order valence-corrected chi connectivity index (χ0v) is 18.2.